The average Bonchev–Trinajstić information content (AvgIpc) is 2.56. The van der Waals surface area contributed by atoms with Crippen molar-refractivity contribution in [3.8, 4) is 0 Å². The number of rotatable bonds is 5. The molecular formula is C18H20N2O5S. The van der Waals surface area contributed by atoms with Crippen molar-refractivity contribution < 1.29 is 22.7 Å². The molecule has 0 spiro atoms. The van der Waals surface area contributed by atoms with Gasteiger partial charge < -0.3 is 10.1 Å². The van der Waals surface area contributed by atoms with Crippen LogP contribution in [0, 0.1) is 13.8 Å². The van der Waals surface area contributed by atoms with Crippen LogP contribution in [0.2, 0.25) is 0 Å². The molecule has 2 aromatic rings. The lowest BCUT2D eigenvalue weighted by Gasteiger charge is -2.13. The number of amides is 1. The number of hydrogen-bond donors (Lipinski definition) is 2. The van der Waals surface area contributed by atoms with Crippen molar-refractivity contribution in [2.75, 3.05) is 23.4 Å². The number of sulfonamides is 1. The van der Waals surface area contributed by atoms with Crippen LogP contribution in [0.5, 0.6) is 0 Å². The van der Waals surface area contributed by atoms with Crippen LogP contribution in [0.1, 0.15) is 31.8 Å². The molecule has 2 N–H and O–H groups in total. The molecule has 2 aromatic carbocycles. The van der Waals surface area contributed by atoms with E-state index in [0.29, 0.717) is 28.1 Å². The molecule has 2 rings (SSSR count). The molecule has 0 aliphatic carbocycles. The predicted molar refractivity (Wildman–Crippen MR) is 100 cm³/mol. The fourth-order valence-electron chi connectivity index (χ4n) is 2.37. The Bertz CT molecular complexity index is 968. The first kappa shape index (κ1) is 19.5. The highest BCUT2D eigenvalue weighted by molar-refractivity contribution is 7.92. The Labute approximate surface area is 152 Å². The highest BCUT2D eigenvalue weighted by Crippen LogP contribution is 2.22. The van der Waals surface area contributed by atoms with Crippen molar-refractivity contribution in [1.29, 1.82) is 0 Å². The van der Waals surface area contributed by atoms with E-state index in [1.54, 1.807) is 44.2 Å². The first-order valence-corrected chi connectivity index (χ1v) is 9.59. The van der Waals surface area contributed by atoms with Gasteiger partial charge >= 0.3 is 5.97 Å². The molecule has 0 fully saturated rings. The van der Waals surface area contributed by atoms with Gasteiger partial charge in [-0.15, -0.1) is 0 Å². The number of ether oxygens (including phenoxy) is 1. The standard InChI is InChI=1S/C18H20N2O5S/c1-11-8-9-13(10-16(11)20-26(4,23)24)17(21)19-15-7-5-6-14(12(15)2)18(22)25-3/h5-10,20H,1-4H3,(H,19,21). The third-order valence-corrected chi connectivity index (χ3v) is 4.37. The van der Waals surface area contributed by atoms with Crippen LogP contribution in [0.4, 0.5) is 11.4 Å². The van der Waals surface area contributed by atoms with Crippen molar-refractivity contribution in [3.63, 3.8) is 0 Å². The Balaban J connectivity index is 2.31. The molecule has 0 saturated carbocycles. The zero-order valence-corrected chi connectivity index (χ0v) is 15.7. The lowest BCUT2D eigenvalue weighted by Crippen LogP contribution is -2.16. The number of methoxy groups -OCH3 is 1. The Morgan fingerprint density at radius 2 is 1.73 bits per heavy atom. The molecule has 0 aliphatic heterocycles. The number of hydrogen-bond acceptors (Lipinski definition) is 5. The predicted octanol–water partition coefficient (Wildman–Crippen LogP) is 2.71. The highest BCUT2D eigenvalue weighted by Gasteiger charge is 2.15. The first-order chi connectivity index (χ1) is 12.1. The summed E-state index contributed by atoms with van der Waals surface area (Å²) in [4.78, 5) is 24.3. The molecule has 138 valence electrons. The summed E-state index contributed by atoms with van der Waals surface area (Å²) < 4.78 is 30.0. The topological polar surface area (TPSA) is 102 Å². The lowest BCUT2D eigenvalue weighted by molar-refractivity contribution is 0.0599. The van der Waals surface area contributed by atoms with Gasteiger partial charge in [0.2, 0.25) is 10.0 Å². The van der Waals surface area contributed by atoms with Gasteiger partial charge in [0.15, 0.2) is 0 Å². The smallest absolute Gasteiger partial charge is 0.338 e. The van der Waals surface area contributed by atoms with E-state index in [-0.39, 0.29) is 5.56 Å². The Morgan fingerprint density at radius 1 is 1.04 bits per heavy atom. The van der Waals surface area contributed by atoms with Gasteiger partial charge in [0.05, 0.1) is 24.6 Å². The third kappa shape index (κ3) is 4.60. The Kier molecular flexibility index (Phi) is 5.66. The van der Waals surface area contributed by atoms with Crippen LogP contribution in [0.15, 0.2) is 36.4 Å². The number of esters is 1. The maximum absolute atomic E-state index is 12.5. The molecule has 0 aromatic heterocycles. The molecule has 7 nitrogen and oxygen atoms in total. The van der Waals surface area contributed by atoms with Crippen LogP contribution in [0.3, 0.4) is 0 Å². The Morgan fingerprint density at radius 3 is 2.35 bits per heavy atom. The van der Waals surface area contributed by atoms with Crippen LogP contribution in [0.25, 0.3) is 0 Å². The van der Waals surface area contributed by atoms with Crippen LogP contribution in [-0.4, -0.2) is 33.7 Å². The van der Waals surface area contributed by atoms with Gasteiger partial charge in [-0.1, -0.05) is 12.1 Å². The number of anilines is 2. The molecule has 0 bridgehead atoms. The fraction of sp³-hybridized carbons (Fsp3) is 0.222. The summed E-state index contributed by atoms with van der Waals surface area (Å²) >= 11 is 0. The van der Waals surface area contributed by atoms with Crippen molar-refractivity contribution in [2.45, 2.75) is 13.8 Å². The molecular weight excluding hydrogens is 356 g/mol. The minimum Gasteiger partial charge on any atom is -0.465 e. The van der Waals surface area contributed by atoms with Gasteiger partial charge in [-0.3, -0.25) is 9.52 Å². The molecule has 0 saturated heterocycles. The van der Waals surface area contributed by atoms with E-state index in [1.165, 1.54) is 13.2 Å². The summed E-state index contributed by atoms with van der Waals surface area (Å²) in [5, 5.41) is 2.73. The van der Waals surface area contributed by atoms with Crippen molar-refractivity contribution in [2.24, 2.45) is 0 Å². The second-order valence-corrected chi connectivity index (χ2v) is 7.58. The van der Waals surface area contributed by atoms with E-state index in [2.05, 4.69) is 10.0 Å². The van der Waals surface area contributed by atoms with E-state index >= 15 is 0 Å². The van der Waals surface area contributed by atoms with Gasteiger partial charge in [0, 0.05) is 11.3 Å². The van der Waals surface area contributed by atoms with Gasteiger partial charge in [-0.2, -0.15) is 0 Å². The van der Waals surface area contributed by atoms with Crippen LogP contribution >= 0.6 is 0 Å². The molecule has 0 aliphatic rings. The van der Waals surface area contributed by atoms with E-state index in [1.807, 2.05) is 0 Å². The van der Waals surface area contributed by atoms with E-state index in [0.717, 1.165) is 6.26 Å². The largest absolute Gasteiger partial charge is 0.465 e. The minimum absolute atomic E-state index is 0.282. The second-order valence-electron chi connectivity index (χ2n) is 5.83. The lowest BCUT2D eigenvalue weighted by atomic mass is 10.1. The molecule has 0 atom stereocenters. The van der Waals surface area contributed by atoms with Crippen molar-refractivity contribution >= 4 is 33.3 Å². The summed E-state index contributed by atoms with van der Waals surface area (Å²) in [6, 6.07) is 9.63. The molecule has 26 heavy (non-hydrogen) atoms. The second kappa shape index (κ2) is 7.57. The summed E-state index contributed by atoms with van der Waals surface area (Å²) in [7, 11) is -2.17. The number of carbonyl (C=O) groups excluding carboxylic acids is 2. The van der Waals surface area contributed by atoms with Gasteiger partial charge in [-0.05, 0) is 49.2 Å². The quantitative estimate of drug-likeness (QED) is 0.781. The molecule has 0 heterocycles. The average molecular weight is 376 g/mol. The van der Waals surface area contributed by atoms with Crippen molar-refractivity contribution in [1.82, 2.24) is 0 Å². The van der Waals surface area contributed by atoms with Gasteiger partial charge in [0.1, 0.15) is 0 Å². The van der Waals surface area contributed by atoms with Gasteiger partial charge in [-0.25, -0.2) is 13.2 Å². The monoisotopic (exact) mass is 376 g/mol. The third-order valence-electron chi connectivity index (χ3n) is 3.78. The molecule has 8 heteroatoms. The summed E-state index contributed by atoms with van der Waals surface area (Å²) in [5.74, 6) is -0.916. The first-order valence-electron chi connectivity index (χ1n) is 7.70. The number of nitrogens with one attached hydrogen (secondary N) is 2. The normalized spacial score (nSPS) is 10.9. The summed E-state index contributed by atoms with van der Waals surface area (Å²) in [5.41, 5.74) is 2.71. The minimum atomic E-state index is -3.46. The Hall–Kier alpha value is -2.87. The summed E-state index contributed by atoms with van der Waals surface area (Å²) in [6.07, 6.45) is 1.04. The molecule has 0 radical (unpaired) electrons. The number of aryl methyl sites for hydroxylation is 1. The summed E-state index contributed by atoms with van der Waals surface area (Å²) in [6.45, 7) is 3.44. The maximum Gasteiger partial charge on any atom is 0.338 e. The van der Waals surface area contributed by atoms with E-state index < -0.39 is 21.9 Å². The van der Waals surface area contributed by atoms with E-state index in [4.69, 9.17) is 4.74 Å². The fourth-order valence-corrected chi connectivity index (χ4v) is 2.99. The number of benzene rings is 2. The zero-order valence-electron chi connectivity index (χ0n) is 14.9. The SMILES string of the molecule is COC(=O)c1cccc(NC(=O)c2ccc(C)c(NS(C)(=O)=O)c2)c1C. The van der Waals surface area contributed by atoms with Crippen LogP contribution in [-0.2, 0) is 14.8 Å². The van der Waals surface area contributed by atoms with E-state index in [9.17, 15) is 18.0 Å². The molecule has 0 unspecified atom stereocenters. The molecule has 1 amide bonds. The maximum atomic E-state index is 12.5. The highest BCUT2D eigenvalue weighted by atomic mass is 32.2. The van der Waals surface area contributed by atoms with Gasteiger partial charge in [0.25, 0.3) is 5.91 Å². The van der Waals surface area contributed by atoms with Crippen molar-refractivity contribution in [3.05, 3.63) is 58.7 Å². The van der Waals surface area contributed by atoms with Crippen LogP contribution < -0.4 is 10.0 Å². The number of carbonyl (C=O) groups is 2. The zero-order chi connectivity index (χ0) is 19.5.